The maximum absolute atomic E-state index is 14.0. The van der Waals surface area contributed by atoms with Gasteiger partial charge in [-0.2, -0.15) is 0 Å². The molecule has 0 radical (unpaired) electrons. The summed E-state index contributed by atoms with van der Waals surface area (Å²) < 4.78 is 14.0. The molecule has 1 aliphatic heterocycles. The van der Waals surface area contributed by atoms with E-state index in [0.717, 1.165) is 5.82 Å². The van der Waals surface area contributed by atoms with Gasteiger partial charge in [-0.05, 0) is 24.3 Å². The van der Waals surface area contributed by atoms with Gasteiger partial charge in [0.05, 0.1) is 6.42 Å². The minimum Gasteiger partial charge on any atom is -0.353 e. The summed E-state index contributed by atoms with van der Waals surface area (Å²) in [4.78, 5) is 29.2. The molecule has 1 fully saturated rings. The summed E-state index contributed by atoms with van der Waals surface area (Å²) in [7, 11) is 0. The molecule has 30 heavy (non-hydrogen) atoms. The number of piperazine rings is 1. The Balaban J connectivity index is 1.36. The van der Waals surface area contributed by atoms with Crippen molar-refractivity contribution in [1.29, 1.82) is 0 Å². The lowest BCUT2D eigenvalue weighted by Gasteiger charge is -2.35. The van der Waals surface area contributed by atoms with Crippen LogP contribution in [-0.4, -0.2) is 51.9 Å². The summed E-state index contributed by atoms with van der Waals surface area (Å²) in [6.07, 6.45) is 3.16. The lowest BCUT2D eigenvalue weighted by atomic mass is 10.1. The average Bonchev–Trinajstić information content (AvgIpc) is 2.77. The molecule has 0 bridgehead atoms. The van der Waals surface area contributed by atoms with Gasteiger partial charge in [0, 0.05) is 49.0 Å². The van der Waals surface area contributed by atoms with Crippen LogP contribution in [0.4, 0.5) is 21.8 Å². The molecule has 0 unspecified atom stereocenters. The minimum absolute atomic E-state index is 0.0445. The monoisotopic (exact) mass is 426 g/mol. The molecule has 9 heteroatoms. The number of halogens is 2. The summed E-state index contributed by atoms with van der Waals surface area (Å²) in [6, 6.07) is 11.9. The number of anilines is 3. The Bertz CT molecular complexity index is 1010. The number of carbonyl (C=O) groups is 1. The Labute approximate surface area is 178 Å². The Kier molecular flexibility index (Phi) is 6.04. The fourth-order valence-electron chi connectivity index (χ4n) is 3.31. The van der Waals surface area contributed by atoms with E-state index in [4.69, 9.17) is 11.6 Å². The SMILES string of the molecule is O=C(Cc1c(F)cccc1Cl)N1CCN(c2cc(Nc3ccccn3)ncn2)CC1. The van der Waals surface area contributed by atoms with E-state index in [9.17, 15) is 9.18 Å². The number of amides is 1. The second-order valence-corrected chi connectivity index (χ2v) is 7.25. The van der Waals surface area contributed by atoms with Crippen LogP contribution in [0.5, 0.6) is 0 Å². The molecule has 3 aromatic rings. The first-order chi connectivity index (χ1) is 14.6. The van der Waals surface area contributed by atoms with Crippen molar-refractivity contribution < 1.29 is 9.18 Å². The molecular formula is C21H20ClFN6O. The number of aromatic nitrogens is 3. The quantitative estimate of drug-likeness (QED) is 0.674. The highest BCUT2D eigenvalue weighted by Crippen LogP contribution is 2.22. The van der Waals surface area contributed by atoms with Gasteiger partial charge in [0.1, 0.15) is 29.6 Å². The van der Waals surface area contributed by atoms with Crippen molar-refractivity contribution in [3.05, 3.63) is 71.4 Å². The van der Waals surface area contributed by atoms with Crippen LogP contribution in [0.2, 0.25) is 5.02 Å². The number of nitrogens with one attached hydrogen (secondary N) is 1. The summed E-state index contributed by atoms with van der Waals surface area (Å²) in [6.45, 7) is 2.30. The van der Waals surface area contributed by atoms with Crippen molar-refractivity contribution in [1.82, 2.24) is 19.9 Å². The Morgan fingerprint density at radius 1 is 1.03 bits per heavy atom. The van der Waals surface area contributed by atoms with Crippen LogP contribution in [0, 0.1) is 5.82 Å². The van der Waals surface area contributed by atoms with Gasteiger partial charge in [-0.1, -0.05) is 23.7 Å². The van der Waals surface area contributed by atoms with Crippen molar-refractivity contribution in [2.75, 3.05) is 36.4 Å². The van der Waals surface area contributed by atoms with Crippen molar-refractivity contribution in [3.8, 4) is 0 Å². The predicted molar refractivity (Wildman–Crippen MR) is 113 cm³/mol. The first-order valence-corrected chi connectivity index (χ1v) is 9.93. The third-order valence-corrected chi connectivity index (χ3v) is 5.27. The normalized spacial score (nSPS) is 13.9. The predicted octanol–water partition coefficient (Wildman–Crippen LogP) is 3.30. The summed E-state index contributed by atoms with van der Waals surface area (Å²) in [5, 5.41) is 3.42. The molecule has 0 aliphatic carbocycles. The molecule has 1 aromatic carbocycles. The molecule has 7 nitrogen and oxygen atoms in total. The lowest BCUT2D eigenvalue weighted by molar-refractivity contribution is -0.130. The molecule has 1 amide bonds. The smallest absolute Gasteiger partial charge is 0.227 e. The molecule has 0 saturated carbocycles. The van der Waals surface area contributed by atoms with Gasteiger partial charge in [-0.15, -0.1) is 0 Å². The van der Waals surface area contributed by atoms with Crippen LogP contribution in [0.15, 0.2) is 55.0 Å². The fraction of sp³-hybridized carbons (Fsp3) is 0.238. The van der Waals surface area contributed by atoms with E-state index in [1.807, 2.05) is 24.3 Å². The number of hydrogen-bond acceptors (Lipinski definition) is 6. The molecule has 0 spiro atoms. The number of pyridine rings is 1. The van der Waals surface area contributed by atoms with E-state index >= 15 is 0 Å². The molecule has 1 N–H and O–H groups in total. The topological polar surface area (TPSA) is 74.2 Å². The van der Waals surface area contributed by atoms with Crippen LogP contribution in [0.25, 0.3) is 0 Å². The zero-order chi connectivity index (χ0) is 20.9. The van der Waals surface area contributed by atoms with Gasteiger partial charge in [0.2, 0.25) is 5.91 Å². The first kappa shape index (κ1) is 20.0. The van der Waals surface area contributed by atoms with Crippen molar-refractivity contribution in [3.63, 3.8) is 0 Å². The summed E-state index contributed by atoms with van der Waals surface area (Å²) in [5.41, 5.74) is 0.243. The van der Waals surface area contributed by atoms with Crippen molar-refractivity contribution in [2.45, 2.75) is 6.42 Å². The zero-order valence-corrected chi connectivity index (χ0v) is 16.9. The largest absolute Gasteiger partial charge is 0.353 e. The molecule has 0 atom stereocenters. The number of hydrogen-bond donors (Lipinski definition) is 1. The van der Waals surface area contributed by atoms with Gasteiger partial charge in [0.15, 0.2) is 0 Å². The van der Waals surface area contributed by atoms with Gasteiger partial charge in [-0.3, -0.25) is 4.79 Å². The number of rotatable bonds is 5. The van der Waals surface area contributed by atoms with Crippen LogP contribution < -0.4 is 10.2 Å². The summed E-state index contributed by atoms with van der Waals surface area (Å²) >= 11 is 6.05. The molecule has 2 aromatic heterocycles. The molecule has 1 aliphatic rings. The molecule has 4 rings (SSSR count). The highest BCUT2D eigenvalue weighted by Gasteiger charge is 2.23. The van der Waals surface area contributed by atoms with E-state index in [-0.39, 0.29) is 22.9 Å². The van der Waals surface area contributed by atoms with Crippen molar-refractivity contribution >= 4 is 35.0 Å². The Morgan fingerprint density at radius 2 is 1.87 bits per heavy atom. The fourth-order valence-corrected chi connectivity index (χ4v) is 3.54. The van der Waals surface area contributed by atoms with Crippen molar-refractivity contribution in [2.24, 2.45) is 0 Å². The van der Waals surface area contributed by atoms with E-state index < -0.39 is 5.82 Å². The van der Waals surface area contributed by atoms with Crippen LogP contribution >= 0.6 is 11.6 Å². The van der Waals surface area contributed by atoms with Crippen LogP contribution in [0.3, 0.4) is 0 Å². The standard InChI is InChI=1S/C21H20ClFN6O/c22-16-4-3-5-17(23)15(16)12-21(30)29-10-8-28(9-11-29)20-13-19(25-14-26-20)27-18-6-1-2-7-24-18/h1-7,13-14H,8-12H2,(H,24,25,26,27). The molecular weight excluding hydrogens is 407 g/mol. The maximum atomic E-state index is 14.0. The number of carbonyl (C=O) groups excluding carboxylic acids is 1. The van der Waals surface area contributed by atoms with Gasteiger partial charge >= 0.3 is 0 Å². The average molecular weight is 427 g/mol. The van der Waals surface area contributed by atoms with E-state index in [0.29, 0.717) is 37.8 Å². The third-order valence-electron chi connectivity index (χ3n) is 4.92. The first-order valence-electron chi connectivity index (χ1n) is 9.56. The minimum atomic E-state index is -0.455. The molecule has 3 heterocycles. The maximum Gasteiger partial charge on any atom is 0.227 e. The molecule has 154 valence electrons. The second-order valence-electron chi connectivity index (χ2n) is 6.85. The van der Waals surface area contributed by atoms with Crippen LogP contribution in [-0.2, 0) is 11.2 Å². The van der Waals surface area contributed by atoms with E-state index in [1.54, 1.807) is 17.2 Å². The zero-order valence-electron chi connectivity index (χ0n) is 16.1. The highest BCUT2D eigenvalue weighted by atomic mass is 35.5. The van der Waals surface area contributed by atoms with Crippen LogP contribution in [0.1, 0.15) is 5.56 Å². The van der Waals surface area contributed by atoms with Gasteiger partial charge in [0.25, 0.3) is 0 Å². The van der Waals surface area contributed by atoms with Gasteiger partial charge < -0.3 is 15.1 Å². The number of nitrogens with zero attached hydrogens (tertiary/aromatic N) is 5. The highest BCUT2D eigenvalue weighted by molar-refractivity contribution is 6.31. The lowest BCUT2D eigenvalue weighted by Crippen LogP contribution is -2.49. The van der Waals surface area contributed by atoms with E-state index in [2.05, 4.69) is 25.2 Å². The second kappa shape index (κ2) is 9.04. The Morgan fingerprint density at radius 3 is 2.60 bits per heavy atom. The number of benzene rings is 1. The Hall–Kier alpha value is -3.26. The summed E-state index contributed by atoms with van der Waals surface area (Å²) in [5.74, 6) is 1.52. The molecule has 1 saturated heterocycles. The van der Waals surface area contributed by atoms with E-state index in [1.165, 1.54) is 18.5 Å². The third kappa shape index (κ3) is 4.65. The van der Waals surface area contributed by atoms with Gasteiger partial charge in [-0.25, -0.2) is 19.3 Å².